The molecule has 2 atom stereocenters. The summed E-state index contributed by atoms with van der Waals surface area (Å²) in [7, 11) is 0. The van der Waals surface area contributed by atoms with Gasteiger partial charge in [0.05, 0.1) is 12.6 Å². The first kappa shape index (κ1) is 32.3. The van der Waals surface area contributed by atoms with Crippen molar-refractivity contribution in [3.8, 4) is 22.9 Å². The molecule has 45 heavy (non-hydrogen) atoms. The van der Waals surface area contributed by atoms with Crippen molar-refractivity contribution >= 4 is 29.5 Å². The number of ether oxygens (including phenoxy) is 2. The summed E-state index contributed by atoms with van der Waals surface area (Å²) in [4.78, 5) is 46.9. The Hall–Kier alpha value is -4.06. The topological polar surface area (TPSA) is 128 Å². The van der Waals surface area contributed by atoms with E-state index in [9.17, 15) is 14.4 Å². The quantitative estimate of drug-likeness (QED) is 0.381. The monoisotopic (exact) mass is 634 g/mol. The van der Waals surface area contributed by atoms with Gasteiger partial charge in [-0.3, -0.25) is 14.4 Å². The highest BCUT2D eigenvalue weighted by Gasteiger charge is 2.30. The van der Waals surface area contributed by atoms with Gasteiger partial charge in [0.2, 0.25) is 24.5 Å². The highest BCUT2D eigenvalue weighted by molar-refractivity contribution is 7.98. The van der Waals surface area contributed by atoms with Crippen LogP contribution in [0.4, 0.5) is 0 Å². The number of hydrogen-bond donors (Lipinski definition) is 2. The summed E-state index contributed by atoms with van der Waals surface area (Å²) >= 11 is 1.63. The molecule has 2 aliphatic heterocycles. The van der Waals surface area contributed by atoms with Crippen molar-refractivity contribution < 1.29 is 23.9 Å². The molecule has 3 aromatic rings. The van der Waals surface area contributed by atoms with Crippen molar-refractivity contribution in [1.82, 2.24) is 30.3 Å². The molecule has 0 fully saturated rings. The zero-order chi connectivity index (χ0) is 31.8. The van der Waals surface area contributed by atoms with Crippen LogP contribution >= 0.6 is 11.8 Å². The number of rotatable bonds is 8. The predicted molar refractivity (Wildman–Crippen MR) is 173 cm³/mol. The van der Waals surface area contributed by atoms with E-state index in [2.05, 4.69) is 10.6 Å². The highest BCUT2D eigenvalue weighted by atomic mass is 32.2. The number of aromatic nitrogens is 3. The van der Waals surface area contributed by atoms with Crippen molar-refractivity contribution in [2.24, 2.45) is 5.92 Å². The Morgan fingerprint density at radius 3 is 2.62 bits per heavy atom. The zero-order valence-corrected chi connectivity index (χ0v) is 27.0. The van der Waals surface area contributed by atoms with E-state index in [0.29, 0.717) is 68.5 Å². The number of amides is 3. The second-order valence-corrected chi connectivity index (χ2v) is 12.7. The molecule has 0 unspecified atom stereocenters. The lowest BCUT2D eigenvalue weighted by atomic mass is 10.0. The average molecular weight is 635 g/mol. The van der Waals surface area contributed by atoms with Gasteiger partial charge in [0, 0.05) is 31.5 Å². The number of hydrogen-bond acceptors (Lipinski definition) is 8. The smallest absolute Gasteiger partial charge is 0.243 e. The molecule has 2 N–H and O–H groups in total. The molecule has 0 spiro atoms. The maximum atomic E-state index is 13.6. The molecule has 0 saturated carbocycles. The summed E-state index contributed by atoms with van der Waals surface area (Å²) in [6.45, 7) is 5.45. The molecule has 5 rings (SSSR count). The summed E-state index contributed by atoms with van der Waals surface area (Å²) in [6, 6.07) is 14.3. The van der Waals surface area contributed by atoms with E-state index in [1.807, 2.05) is 78.2 Å². The summed E-state index contributed by atoms with van der Waals surface area (Å²) in [5.41, 5.74) is 1.86. The standard InChI is InChI=1S/C33H42N6O5S/c1-22(2)30-32-36-31(24-8-5-4-6-9-24)37-39(32)18-17-38(16-7-10-28(40)34-25(15-19-45-3)33(42)35-30)29(41)14-12-23-11-13-26-27(20-23)44-21-43-26/h4-6,8-9,11,13,20,22,25,30H,7,10,12,14-19,21H2,1-3H3,(H,34,40)(H,35,42)/t25-,30+/m0/s1. The van der Waals surface area contributed by atoms with Crippen LogP contribution in [0.3, 0.4) is 0 Å². The fourth-order valence-electron chi connectivity index (χ4n) is 5.53. The number of thioether (sulfide) groups is 1. The van der Waals surface area contributed by atoms with Crippen molar-refractivity contribution in [2.75, 3.05) is 31.9 Å². The van der Waals surface area contributed by atoms with Gasteiger partial charge in [-0.05, 0) is 54.9 Å². The van der Waals surface area contributed by atoms with E-state index < -0.39 is 12.1 Å². The third kappa shape index (κ3) is 8.36. The van der Waals surface area contributed by atoms with Crippen LogP contribution in [-0.4, -0.2) is 75.3 Å². The van der Waals surface area contributed by atoms with Gasteiger partial charge in [0.25, 0.3) is 0 Å². The molecule has 11 nitrogen and oxygen atoms in total. The molecule has 0 aliphatic carbocycles. The Labute approximate surface area is 268 Å². The maximum absolute atomic E-state index is 13.6. The first-order chi connectivity index (χ1) is 21.8. The summed E-state index contributed by atoms with van der Waals surface area (Å²) in [5, 5.41) is 11.0. The largest absolute Gasteiger partial charge is 0.454 e. The Balaban J connectivity index is 1.41. The molecule has 3 heterocycles. The number of carbonyl (C=O) groups is 3. The third-order valence-corrected chi connectivity index (χ3v) is 8.71. The number of carbonyl (C=O) groups excluding carboxylic acids is 3. The fraction of sp³-hybridized carbons (Fsp3) is 0.485. The average Bonchev–Trinajstić information content (AvgIpc) is 3.69. The summed E-state index contributed by atoms with van der Waals surface area (Å²) in [6.07, 6.45) is 4.05. The number of benzene rings is 2. The molecule has 2 aromatic carbocycles. The highest BCUT2D eigenvalue weighted by Crippen LogP contribution is 2.33. The van der Waals surface area contributed by atoms with E-state index in [1.54, 1.807) is 11.8 Å². The molecular weight excluding hydrogens is 592 g/mol. The van der Waals surface area contributed by atoms with Gasteiger partial charge in [0.1, 0.15) is 6.04 Å². The van der Waals surface area contributed by atoms with Gasteiger partial charge < -0.3 is 25.0 Å². The van der Waals surface area contributed by atoms with Crippen LogP contribution in [0, 0.1) is 5.92 Å². The second-order valence-electron chi connectivity index (χ2n) is 11.7. The van der Waals surface area contributed by atoms with Crippen LogP contribution in [0.2, 0.25) is 0 Å². The molecular formula is C33H42N6O5S. The molecule has 1 aromatic heterocycles. The number of nitrogens with zero attached hydrogens (tertiary/aromatic N) is 4. The van der Waals surface area contributed by atoms with Crippen LogP contribution < -0.4 is 20.1 Å². The van der Waals surface area contributed by atoms with Crippen LogP contribution in [-0.2, 0) is 27.3 Å². The molecule has 0 radical (unpaired) electrons. The second kappa shape index (κ2) is 15.3. The van der Waals surface area contributed by atoms with E-state index >= 15 is 0 Å². The molecule has 2 aliphatic rings. The van der Waals surface area contributed by atoms with Crippen molar-refractivity contribution in [1.29, 1.82) is 0 Å². The van der Waals surface area contributed by atoms with Crippen LogP contribution in [0.1, 0.15) is 57.0 Å². The zero-order valence-electron chi connectivity index (χ0n) is 26.2. The van der Waals surface area contributed by atoms with Gasteiger partial charge in [-0.1, -0.05) is 50.2 Å². The van der Waals surface area contributed by atoms with Crippen LogP contribution in [0.5, 0.6) is 11.5 Å². The molecule has 12 heteroatoms. The van der Waals surface area contributed by atoms with E-state index in [4.69, 9.17) is 19.6 Å². The predicted octanol–water partition coefficient (Wildman–Crippen LogP) is 3.98. The Morgan fingerprint density at radius 1 is 1.04 bits per heavy atom. The summed E-state index contributed by atoms with van der Waals surface area (Å²) < 4.78 is 12.7. The number of nitrogens with one attached hydrogen (secondary N) is 2. The number of aryl methyl sites for hydroxylation is 1. The molecule has 3 amide bonds. The lowest BCUT2D eigenvalue weighted by Gasteiger charge is -2.28. The minimum atomic E-state index is -0.668. The van der Waals surface area contributed by atoms with Crippen molar-refractivity contribution in [2.45, 2.75) is 64.6 Å². The molecule has 240 valence electrons. The SMILES string of the molecule is CSCC[C@@H]1NC(=O)CCCN(C(=O)CCc2ccc3c(c2)OCO3)CCn2nc(-c3ccccc3)nc2[C@@H](C(C)C)NC1=O. The first-order valence-corrected chi connectivity index (χ1v) is 17.0. The lowest BCUT2D eigenvalue weighted by molar-refractivity contribution is -0.132. The fourth-order valence-corrected chi connectivity index (χ4v) is 6.00. The minimum absolute atomic E-state index is 0.00308. The normalized spacial score (nSPS) is 19.1. The van der Waals surface area contributed by atoms with Crippen LogP contribution in [0.25, 0.3) is 11.4 Å². The minimum Gasteiger partial charge on any atom is -0.454 e. The first-order valence-electron chi connectivity index (χ1n) is 15.6. The molecule has 0 bridgehead atoms. The maximum Gasteiger partial charge on any atom is 0.243 e. The van der Waals surface area contributed by atoms with Gasteiger partial charge in [-0.15, -0.1) is 0 Å². The van der Waals surface area contributed by atoms with E-state index in [-0.39, 0.29) is 36.9 Å². The van der Waals surface area contributed by atoms with Crippen molar-refractivity contribution in [3.05, 3.63) is 59.9 Å². The third-order valence-electron chi connectivity index (χ3n) is 8.07. The van der Waals surface area contributed by atoms with Gasteiger partial charge in [-0.2, -0.15) is 16.9 Å². The molecule has 0 saturated heterocycles. The number of fused-ring (bicyclic) bond motifs is 2. The Kier molecular flexibility index (Phi) is 11.0. The summed E-state index contributed by atoms with van der Waals surface area (Å²) in [5.74, 6) is 2.87. The Bertz CT molecular complexity index is 1480. The van der Waals surface area contributed by atoms with Gasteiger partial charge >= 0.3 is 0 Å². The van der Waals surface area contributed by atoms with Crippen LogP contribution in [0.15, 0.2) is 48.5 Å². The van der Waals surface area contributed by atoms with Gasteiger partial charge in [-0.25, -0.2) is 9.67 Å². The van der Waals surface area contributed by atoms with Crippen molar-refractivity contribution in [3.63, 3.8) is 0 Å². The Morgan fingerprint density at radius 2 is 1.84 bits per heavy atom. The van der Waals surface area contributed by atoms with E-state index in [0.717, 1.165) is 16.9 Å². The van der Waals surface area contributed by atoms with E-state index in [1.165, 1.54) is 0 Å². The van der Waals surface area contributed by atoms with Gasteiger partial charge in [0.15, 0.2) is 23.1 Å². The lowest BCUT2D eigenvalue weighted by Crippen LogP contribution is -2.49.